The topological polar surface area (TPSA) is 138 Å². The van der Waals surface area contributed by atoms with Crippen molar-refractivity contribution < 1.29 is 14.4 Å². The monoisotopic (exact) mass is 596 g/mol. The molecule has 0 saturated carbocycles. The summed E-state index contributed by atoms with van der Waals surface area (Å²) in [6, 6.07) is 13.4. The molecule has 11 nitrogen and oxygen atoms in total. The molecule has 2 heterocycles. The smallest absolute Gasteiger partial charge is 0.253 e. The third kappa shape index (κ3) is 5.69. The van der Waals surface area contributed by atoms with Crippen LogP contribution in [0.1, 0.15) is 75.0 Å². The van der Waals surface area contributed by atoms with E-state index in [4.69, 9.17) is 0 Å². The van der Waals surface area contributed by atoms with Crippen molar-refractivity contribution in [3.05, 3.63) is 81.9 Å². The second kappa shape index (κ2) is 12.6. The Morgan fingerprint density at radius 3 is 2.14 bits per heavy atom. The zero-order chi connectivity index (χ0) is 31.6. The fourth-order valence-corrected chi connectivity index (χ4v) is 6.71. The summed E-state index contributed by atoms with van der Waals surface area (Å²) in [5, 5.41) is 21.6. The van der Waals surface area contributed by atoms with Gasteiger partial charge >= 0.3 is 0 Å². The van der Waals surface area contributed by atoms with Gasteiger partial charge in [0, 0.05) is 51.9 Å². The lowest BCUT2D eigenvalue weighted by molar-refractivity contribution is -0.130. The Morgan fingerprint density at radius 2 is 1.64 bits per heavy atom. The van der Waals surface area contributed by atoms with Crippen LogP contribution < -0.4 is 5.32 Å². The van der Waals surface area contributed by atoms with Gasteiger partial charge in [0.1, 0.15) is 18.2 Å². The first kappa shape index (κ1) is 30.9. The number of fused-ring (bicyclic) bond motifs is 2. The van der Waals surface area contributed by atoms with Crippen LogP contribution in [0, 0.1) is 11.3 Å². The molecule has 11 heteroatoms. The molecule has 0 radical (unpaired) electrons. The zero-order valence-corrected chi connectivity index (χ0v) is 26.1. The summed E-state index contributed by atoms with van der Waals surface area (Å²) in [6.07, 6.45) is 4.94. The fourth-order valence-electron chi connectivity index (χ4n) is 6.71. The summed E-state index contributed by atoms with van der Waals surface area (Å²) in [5.41, 5.74) is 4.41. The molecule has 44 heavy (non-hydrogen) atoms. The number of aryl methyl sites for hydroxylation is 2. The number of H-pyrrole nitrogens is 1. The number of nitrogens with zero attached hydrogens (tertiary/aromatic N) is 6. The molecule has 5 rings (SSSR count). The van der Waals surface area contributed by atoms with Gasteiger partial charge in [0.25, 0.3) is 11.8 Å². The SMILES string of the molecule is C[C@@H](CC1(c2nnc[nH]2)c2ccc(C(=O)N(C)C)cc2CCc2cc(C(=O)N(C)C)ccc21)NCC(=O)N1CCCC1C#N. The van der Waals surface area contributed by atoms with Gasteiger partial charge in [-0.3, -0.25) is 14.4 Å². The minimum atomic E-state index is -0.824. The molecule has 0 spiro atoms. The number of hydrogen-bond donors (Lipinski definition) is 2. The first-order chi connectivity index (χ1) is 21.1. The van der Waals surface area contributed by atoms with Crippen molar-refractivity contribution in [1.82, 2.24) is 35.2 Å². The van der Waals surface area contributed by atoms with E-state index < -0.39 is 5.41 Å². The first-order valence-corrected chi connectivity index (χ1v) is 15.1. The van der Waals surface area contributed by atoms with Crippen LogP contribution >= 0.6 is 0 Å². The molecular formula is C33H40N8O3. The Hall–Kier alpha value is -4.56. The van der Waals surface area contributed by atoms with Crippen molar-refractivity contribution in [3.8, 4) is 6.07 Å². The van der Waals surface area contributed by atoms with Gasteiger partial charge in [-0.15, -0.1) is 10.2 Å². The highest BCUT2D eigenvalue weighted by Gasteiger charge is 2.45. The Morgan fingerprint density at radius 1 is 1.05 bits per heavy atom. The van der Waals surface area contributed by atoms with Crippen molar-refractivity contribution in [3.63, 3.8) is 0 Å². The normalized spacial score (nSPS) is 17.5. The van der Waals surface area contributed by atoms with Crippen LogP contribution in [0.25, 0.3) is 0 Å². The summed E-state index contributed by atoms with van der Waals surface area (Å²) >= 11 is 0. The molecule has 1 aliphatic carbocycles. The lowest BCUT2D eigenvalue weighted by Crippen LogP contribution is -2.45. The number of rotatable bonds is 8. The molecule has 1 fully saturated rings. The van der Waals surface area contributed by atoms with Crippen LogP contribution in [0.5, 0.6) is 0 Å². The summed E-state index contributed by atoms with van der Waals surface area (Å²) in [6.45, 7) is 2.74. The second-order valence-electron chi connectivity index (χ2n) is 12.2. The molecule has 230 valence electrons. The second-order valence-corrected chi connectivity index (χ2v) is 12.2. The third-order valence-electron chi connectivity index (χ3n) is 8.86. The van der Waals surface area contributed by atoms with Crippen LogP contribution in [-0.2, 0) is 23.1 Å². The maximum Gasteiger partial charge on any atom is 0.253 e. The average molecular weight is 597 g/mol. The van der Waals surface area contributed by atoms with Crippen LogP contribution in [-0.4, -0.2) is 101 Å². The van der Waals surface area contributed by atoms with Crippen molar-refractivity contribution in [2.75, 3.05) is 41.3 Å². The van der Waals surface area contributed by atoms with E-state index in [2.05, 4.69) is 26.6 Å². The Kier molecular flexibility index (Phi) is 8.83. The predicted octanol–water partition coefficient (Wildman–Crippen LogP) is 2.52. The van der Waals surface area contributed by atoms with Crippen molar-refractivity contribution in [2.45, 2.75) is 56.5 Å². The van der Waals surface area contributed by atoms with Crippen molar-refractivity contribution in [2.24, 2.45) is 0 Å². The Bertz CT molecular complexity index is 1520. The summed E-state index contributed by atoms with van der Waals surface area (Å²) in [4.78, 5) is 47.1. The van der Waals surface area contributed by atoms with E-state index in [1.165, 1.54) is 0 Å². The molecule has 1 saturated heterocycles. The minimum absolute atomic E-state index is 0.0789. The van der Waals surface area contributed by atoms with E-state index >= 15 is 0 Å². The van der Waals surface area contributed by atoms with Crippen molar-refractivity contribution >= 4 is 17.7 Å². The van der Waals surface area contributed by atoms with E-state index in [1.54, 1.807) is 49.2 Å². The summed E-state index contributed by atoms with van der Waals surface area (Å²) in [5.74, 6) is 0.397. The Labute approximate surface area is 258 Å². The van der Waals surface area contributed by atoms with Gasteiger partial charge in [0.05, 0.1) is 18.0 Å². The maximum absolute atomic E-state index is 13.1. The van der Waals surface area contributed by atoms with Crippen LogP contribution in [0.3, 0.4) is 0 Å². The highest BCUT2D eigenvalue weighted by molar-refractivity contribution is 5.95. The predicted molar refractivity (Wildman–Crippen MR) is 165 cm³/mol. The number of hydrogen-bond acceptors (Lipinski definition) is 7. The number of aromatic amines is 1. The molecule has 3 amide bonds. The fraction of sp³-hybridized carbons (Fsp3) is 0.455. The number of carbonyl (C=O) groups excluding carboxylic acids is 3. The first-order valence-electron chi connectivity index (χ1n) is 15.1. The molecule has 2 aromatic carbocycles. The van der Waals surface area contributed by atoms with E-state index in [9.17, 15) is 19.6 Å². The van der Waals surface area contributed by atoms with E-state index in [-0.39, 0.29) is 36.3 Å². The molecule has 2 N–H and O–H groups in total. The molecule has 2 aliphatic rings. The largest absolute Gasteiger partial charge is 0.345 e. The number of aromatic nitrogens is 3. The number of nitrogens with one attached hydrogen (secondary N) is 2. The molecule has 1 aliphatic heterocycles. The molecule has 1 unspecified atom stereocenters. The van der Waals surface area contributed by atoms with Gasteiger partial charge in [-0.05, 0) is 85.5 Å². The number of carbonyl (C=O) groups is 3. The number of likely N-dealkylation sites (tertiary alicyclic amines) is 1. The molecule has 1 aromatic heterocycles. The van der Waals surface area contributed by atoms with Crippen LogP contribution in [0.15, 0.2) is 42.7 Å². The molecular weight excluding hydrogens is 556 g/mol. The van der Waals surface area contributed by atoms with Crippen molar-refractivity contribution in [1.29, 1.82) is 5.26 Å². The highest BCUT2D eigenvalue weighted by Crippen LogP contribution is 2.47. The van der Waals surface area contributed by atoms with Gasteiger partial charge in [0.15, 0.2) is 0 Å². The number of amides is 3. The standard InChI is InChI=1S/C33H40N8O3/c1-21(35-19-29(42)41-14-6-7-26(41)18-34)17-33(32-36-20-37-38-32)27-12-10-24(30(43)39(2)3)15-22(27)8-9-23-16-25(11-13-28(23)33)31(44)40(4)5/h10-13,15-16,20-21,26,35H,6-9,14,17,19H2,1-5H3,(H,36,37,38)/t21-,26?/m0/s1. The van der Waals surface area contributed by atoms with Gasteiger partial charge in [-0.1, -0.05) is 12.1 Å². The quantitative estimate of drug-likeness (QED) is 0.408. The minimum Gasteiger partial charge on any atom is -0.345 e. The highest BCUT2D eigenvalue weighted by atomic mass is 16.2. The van der Waals surface area contributed by atoms with E-state index in [0.29, 0.717) is 49.2 Å². The number of nitriles is 1. The molecule has 3 aromatic rings. The summed E-state index contributed by atoms with van der Waals surface area (Å²) in [7, 11) is 6.95. The van der Waals surface area contributed by atoms with Gasteiger partial charge < -0.3 is 25.0 Å². The van der Waals surface area contributed by atoms with Crippen LogP contribution in [0.2, 0.25) is 0 Å². The molecule has 0 bridgehead atoms. The van der Waals surface area contributed by atoms with Crippen LogP contribution in [0.4, 0.5) is 0 Å². The van der Waals surface area contributed by atoms with E-state index in [1.807, 2.05) is 43.3 Å². The Balaban J connectivity index is 1.60. The van der Waals surface area contributed by atoms with Gasteiger partial charge in [-0.2, -0.15) is 5.26 Å². The lowest BCUT2D eigenvalue weighted by Gasteiger charge is -2.37. The molecule has 2 atom stereocenters. The van der Waals surface area contributed by atoms with E-state index in [0.717, 1.165) is 28.7 Å². The zero-order valence-electron chi connectivity index (χ0n) is 26.1. The van der Waals surface area contributed by atoms with Gasteiger partial charge in [-0.25, -0.2) is 0 Å². The lowest BCUT2D eigenvalue weighted by atomic mass is 9.67. The summed E-state index contributed by atoms with van der Waals surface area (Å²) < 4.78 is 0. The van der Waals surface area contributed by atoms with Gasteiger partial charge in [0.2, 0.25) is 5.91 Å². The number of benzene rings is 2. The maximum atomic E-state index is 13.1. The average Bonchev–Trinajstić information content (AvgIpc) is 3.71. The third-order valence-corrected chi connectivity index (χ3v) is 8.86.